The number of carbonyl (C=O) groups excluding carboxylic acids is 1. The van der Waals surface area contributed by atoms with Gasteiger partial charge < -0.3 is 15.3 Å². The van der Waals surface area contributed by atoms with Gasteiger partial charge in [-0.3, -0.25) is 9.69 Å². The highest BCUT2D eigenvalue weighted by Gasteiger charge is 2.53. The summed E-state index contributed by atoms with van der Waals surface area (Å²) >= 11 is 0. The van der Waals surface area contributed by atoms with Crippen molar-refractivity contribution in [3.63, 3.8) is 0 Å². The van der Waals surface area contributed by atoms with Gasteiger partial charge in [0.2, 0.25) is 0 Å². The SMILES string of the molecule is C[C@@H](NC(=O)c1cc(N2CCC(N3CC4CC4C3CO)CC2)c2ncnn2c1)c1cccc(C(F)F)c1F. The summed E-state index contributed by atoms with van der Waals surface area (Å²) in [5, 5.41) is 16.9. The maximum Gasteiger partial charge on any atom is 0.266 e. The number of halogens is 3. The Labute approximate surface area is 218 Å². The summed E-state index contributed by atoms with van der Waals surface area (Å²) in [7, 11) is 0. The molecule has 38 heavy (non-hydrogen) atoms. The van der Waals surface area contributed by atoms with Crippen molar-refractivity contribution in [1.29, 1.82) is 0 Å². The van der Waals surface area contributed by atoms with Crippen LogP contribution in [-0.2, 0) is 0 Å². The molecule has 4 atom stereocenters. The summed E-state index contributed by atoms with van der Waals surface area (Å²) in [4.78, 5) is 22.3. The summed E-state index contributed by atoms with van der Waals surface area (Å²) in [6.45, 7) is 4.42. The first-order valence-electron chi connectivity index (χ1n) is 13.2. The number of amides is 1. The highest BCUT2D eigenvalue weighted by molar-refractivity contribution is 5.96. The number of pyridine rings is 1. The number of piperidine rings is 2. The minimum absolute atomic E-state index is 0.000938. The van der Waals surface area contributed by atoms with Crippen molar-refractivity contribution in [3.8, 4) is 0 Å². The Kier molecular flexibility index (Phi) is 6.51. The third-order valence-electron chi connectivity index (χ3n) is 8.53. The van der Waals surface area contributed by atoms with Crippen LogP contribution in [-0.4, -0.2) is 68.8 Å². The van der Waals surface area contributed by atoms with E-state index in [4.69, 9.17) is 0 Å². The molecule has 2 aromatic heterocycles. The zero-order valence-corrected chi connectivity index (χ0v) is 21.1. The Morgan fingerprint density at radius 3 is 2.74 bits per heavy atom. The monoisotopic (exact) mass is 528 g/mol. The number of anilines is 1. The van der Waals surface area contributed by atoms with E-state index in [1.807, 2.05) is 0 Å². The Hall–Kier alpha value is -3.18. The predicted octanol–water partition coefficient (Wildman–Crippen LogP) is 3.58. The fourth-order valence-electron chi connectivity index (χ4n) is 6.40. The summed E-state index contributed by atoms with van der Waals surface area (Å²) < 4.78 is 42.5. The van der Waals surface area contributed by atoms with Crippen LogP contribution in [0.4, 0.5) is 18.9 Å². The van der Waals surface area contributed by atoms with E-state index in [9.17, 15) is 23.1 Å². The van der Waals surface area contributed by atoms with E-state index in [1.165, 1.54) is 24.9 Å². The van der Waals surface area contributed by atoms with Crippen LogP contribution in [0.2, 0.25) is 0 Å². The molecule has 8 nitrogen and oxygen atoms in total. The molecule has 1 saturated carbocycles. The van der Waals surface area contributed by atoms with Crippen LogP contribution in [0.3, 0.4) is 0 Å². The molecule has 3 fully saturated rings. The number of aliphatic hydroxyl groups is 1. The standard InChI is InChI=1S/C27H31F3N6O2/c1-15(19-3-2-4-20(24(19)28)25(29)30)33-27(38)17-10-22(26-31-14-32-36(26)12-17)34-7-5-18(6-8-34)35-11-16-9-21(16)23(35)13-37/h2-4,10,12,14-16,18,21,23,25,37H,5-9,11,13H2,1H3,(H,33,38)/t15-,16?,21?,23?/m1/s1. The van der Waals surface area contributed by atoms with E-state index in [-0.39, 0.29) is 18.2 Å². The first-order valence-corrected chi connectivity index (χ1v) is 13.2. The number of aromatic nitrogens is 3. The predicted molar refractivity (Wildman–Crippen MR) is 135 cm³/mol. The number of likely N-dealkylation sites (tertiary alicyclic amines) is 1. The lowest BCUT2D eigenvalue weighted by Crippen LogP contribution is -2.49. The van der Waals surface area contributed by atoms with Gasteiger partial charge >= 0.3 is 0 Å². The van der Waals surface area contributed by atoms with Gasteiger partial charge in [0.05, 0.1) is 29.5 Å². The molecule has 2 N–H and O–H groups in total. The van der Waals surface area contributed by atoms with E-state index >= 15 is 0 Å². The summed E-state index contributed by atoms with van der Waals surface area (Å²) in [5.74, 6) is -0.0819. The number of benzene rings is 1. The third-order valence-corrected chi connectivity index (χ3v) is 8.53. The number of carbonyl (C=O) groups is 1. The van der Waals surface area contributed by atoms with E-state index in [0.717, 1.165) is 50.1 Å². The first kappa shape index (κ1) is 25.1. The molecule has 11 heteroatoms. The van der Waals surface area contributed by atoms with Gasteiger partial charge in [-0.15, -0.1) is 0 Å². The van der Waals surface area contributed by atoms with E-state index in [0.29, 0.717) is 23.2 Å². The molecule has 1 amide bonds. The van der Waals surface area contributed by atoms with Gasteiger partial charge in [0.15, 0.2) is 5.65 Å². The van der Waals surface area contributed by atoms with Gasteiger partial charge in [-0.25, -0.2) is 22.7 Å². The average Bonchev–Trinajstić information content (AvgIpc) is 3.34. The molecule has 4 heterocycles. The highest BCUT2D eigenvalue weighted by atomic mass is 19.3. The van der Waals surface area contributed by atoms with E-state index < -0.39 is 29.8 Å². The molecule has 0 radical (unpaired) electrons. The highest BCUT2D eigenvalue weighted by Crippen LogP contribution is 2.50. The maximum absolute atomic E-state index is 14.6. The number of rotatable bonds is 7. The number of hydrogen-bond acceptors (Lipinski definition) is 6. The maximum atomic E-state index is 14.6. The molecular weight excluding hydrogens is 497 g/mol. The van der Waals surface area contributed by atoms with Crippen LogP contribution < -0.4 is 10.2 Å². The lowest BCUT2D eigenvalue weighted by Gasteiger charge is -2.41. The molecule has 1 aromatic carbocycles. The number of aliphatic hydroxyl groups excluding tert-OH is 1. The molecule has 2 aliphatic heterocycles. The van der Waals surface area contributed by atoms with Crippen molar-refractivity contribution >= 4 is 17.2 Å². The van der Waals surface area contributed by atoms with Crippen LogP contribution in [0.15, 0.2) is 36.8 Å². The quantitative estimate of drug-likeness (QED) is 0.488. The smallest absolute Gasteiger partial charge is 0.266 e. The fourth-order valence-corrected chi connectivity index (χ4v) is 6.40. The molecule has 3 aromatic rings. The van der Waals surface area contributed by atoms with Gasteiger partial charge in [0, 0.05) is 43.5 Å². The largest absolute Gasteiger partial charge is 0.395 e. The Bertz CT molecular complexity index is 1340. The first-order chi connectivity index (χ1) is 18.4. The molecule has 6 rings (SSSR count). The van der Waals surface area contributed by atoms with Crippen molar-refractivity contribution in [2.24, 2.45) is 11.8 Å². The Morgan fingerprint density at radius 2 is 2.00 bits per heavy atom. The van der Waals surface area contributed by atoms with Crippen LogP contribution in [0, 0.1) is 17.7 Å². The van der Waals surface area contributed by atoms with Crippen LogP contribution in [0.1, 0.15) is 60.1 Å². The van der Waals surface area contributed by atoms with E-state index in [1.54, 1.807) is 23.7 Å². The van der Waals surface area contributed by atoms with E-state index in [2.05, 4.69) is 25.2 Å². The van der Waals surface area contributed by atoms with Gasteiger partial charge in [-0.05, 0) is 44.1 Å². The molecule has 0 spiro atoms. The normalized spacial score (nSPS) is 24.7. The molecule has 1 aliphatic carbocycles. The zero-order valence-electron chi connectivity index (χ0n) is 21.1. The second-order valence-electron chi connectivity index (χ2n) is 10.7. The van der Waals surface area contributed by atoms with Gasteiger partial charge in [-0.2, -0.15) is 5.10 Å². The third kappa shape index (κ3) is 4.41. The molecule has 3 unspecified atom stereocenters. The molecule has 3 aliphatic rings. The van der Waals surface area contributed by atoms with Crippen molar-refractivity contribution in [3.05, 3.63) is 59.3 Å². The van der Waals surface area contributed by atoms with Crippen molar-refractivity contribution in [2.75, 3.05) is 31.1 Å². The molecular formula is C27H31F3N6O2. The van der Waals surface area contributed by atoms with Crippen molar-refractivity contribution in [2.45, 2.75) is 50.7 Å². The number of nitrogens with one attached hydrogen (secondary N) is 1. The second-order valence-corrected chi connectivity index (χ2v) is 10.7. The number of alkyl halides is 2. The van der Waals surface area contributed by atoms with Crippen molar-refractivity contribution < 1.29 is 23.1 Å². The molecule has 0 bridgehead atoms. The summed E-state index contributed by atoms with van der Waals surface area (Å²) in [6.07, 6.45) is 3.19. The lowest BCUT2D eigenvalue weighted by molar-refractivity contribution is 0.0855. The minimum atomic E-state index is -2.94. The lowest BCUT2D eigenvalue weighted by atomic mass is 10.0. The Balaban J connectivity index is 1.19. The van der Waals surface area contributed by atoms with Crippen LogP contribution in [0.5, 0.6) is 0 Å². The fraction of sp³-hybridized carbons (Fsp3) is 0.519. The van der Waals surface area contributed by atoms with Crippen molar-refractivity contribution in [1.82, 2.24) is 24.8 Å². The topological polar surface area (TPSA) is 86.0 Å². The number of fused-ring (bicyclic) bond motifs is 2. The Morgan fingerprint density at radius 1 is 1.24 bits per heavy atom. The average molecular weight is 529 g/mol. The second kappa shape index (κ2) is 9.85. The minimum Gasteiger partial charge on any atom is -0.395 e. The van der Waals surface area contributed by atoms with Gasteiger partial charge in [-0.1, -0.05) is 18.2 Å². The zero-order chi connectivity index (χ0) is 26.6. The number of nitrogens with zero attached hydrogens (tertiary/aromatic N) is 5. The summed E-state index contributed by atoms with van der Waals surface area (Å²) in [5.41, 5.74) is 1.06. The molecule has 202 valence electrons. The van der Waals surface area contributed by atoms with Crippen LogP contribution >= 0.6 is 0 Å². The van der Waals surface area contributed by atoms with Gasteiger partial charge in [0.1, 0.15) is 12.1 Å². The summed E-state index contributed by atoms with van der Waals surface area (Å²) in [6, 6.07) is 5.45. The van der Waals surface area contributed by atoms with Gasteiger partial charge in [0.25, 0.3) is 12.3 Å². The van der Waals surface area contributed by atoms with Crippen LogP contribution in [0.25, 0.3) is 5.65 Å². The number of hydrogen-bond donors (Lipinski definition) is 2. The molecule has 2 saturated heterocycles.